The molecule has 2 N–H and O–H groups in total. The van der Waals surface area contributed by atoms with E-state index in [2.05, 4.69) is 15.6 Å². The highest BCUT2D eigenvalue weighted by Gasteiger charge is 2.17. The van der Waals surface area contributed by atoms with Crippen LogP contribution < -0.4 is 10.6 Å². The SMILES string of the molecule is Cc1c(Cl)cccc1Nc1ccnc(C(=O)NCC2CCCO2)c1. The van der Waals surface area contributed by atoms with Crippen LogP contribution in [-0.2, 0) is 4.74 Å². The number of nitrogens with one attached hydrogen (secondary N) is 2. The van der Waals surface area contributed by atoms with Crippen molar-refractivity contribution < 1.29 is 9.53 Å². The summed E-state index contributed by atoms with van der Waals surface area (Å²) in [5.74, 6) is -0.197. The standard InChI is InChI=1S/C18H20ClN3O2/c1-12-15(19)5-2-6-16(12)22-13-7-8-20-17(10-13)18(23)21-11-14-4-3-9-24-14/h2,5-8,10,14H,3-4,9,11H2,1H3,(H,20,22)(H,21,23). The van der Waals surface area contributed by atoms with Gasteiger partial charge in [-0.1, -0.05) is 17.7 Å². The van der Waals surface area contributed by atoms with E-state index in [9.17, 15) is 4.79 Å². The number of carbonyl (C=O) groups is 1. The summed E-state index contributed by atoms with van der Waals surface area (Å²) in [5.41, 5.74) is 3.02. The van der Waals surface area contributed by atoms with Gasteiger partial charge in [0.25, 0.3) is 5.91 Å². The maximum atomic E-state index is 12.2. The number of carbonyl (C=O) groups excluding carboxylic acids is 1. The van der Waals surface area contributed by atoms with E-state index in [1.165, 1.54) is 0 Å². The molecule has 5 nitrogen and oxygen atoms in total. The summed E-state index contributed by atoms with van der Waals surface area (Å²) in [5, 5.41) is 6.85. The van der Waals surface area contributed by atoms with Gasteiger partial charge in [0.1, 0.15) is 5.69 Å². The van der Waals surface area contributed by atoms with Crippen LogP contribution in [0.4, 0.5) is 11.4 Å². The highest BCUT2D eigenvalue weighted by molar-refractivity contribution is 6.31. The molecular weight excluding hydrogens is 326 g/mol. The molecule has 3 rings (SSSR count). The number of halogens is 1. The van der Waals surface area contributed by atoms with Gasteiger partial charge in [0.05, 0.1) is 6.10 Å². The lowest BCUT2D eigenvalue weighted by Crippen LogP contribution is -2.32. The molecule has 1 saturated heterocycles. The normalized spacial score (nSPS) is 16.8. The molecule has 2 heterocycles. The van der Waals surface area contributed by atoms with Gasteiger partial charge in [-0.3, -0.25) is 9.78 Å². The molecule has 0 spiro atoms. The van der Waals surface area contributed by atoms with E-state index in [0.29, 0.717) is 17.3 Å². The molecule has 1 aliphatic heterocycles. The topological polar surface area (TPSA) is 63.2 Å². The van der Waals surface area contributed by atoms with Crippen molar-refractivity contribution in [1.82, 2.24) is 10.3 Å². The summed E-state index contributed by atoms with van der Waals surface area (Å²) in [7, 11) is 0. The number of amides is 1. The largest absolute Gasteiger partial charge is 0.376 e. The highest BCUT2D eigenvalue weighted by Crippen LogP contribution is 2.26. The van der Waals surface area contributed by atoms with Crippen LogP contribution in [0.5, 0.6) is 0 Å². The van der Waals surface area contributed by atoms with Crippen molar-refractivity contribution in [3.8, 4) is 0 Å². The van der Waals surface area contributed by atoms with Gasteiger partial charge < -0.3 is 15.4 Å². The van der Waals surface area contributed by atoms with Crippen LogP contribution in [0.25, 0.3) is 0 Å². The maximum Gasteiger partial charge on any atom is 0.270 e. The summed E-state index contributed by atoms with van der Waals surface area (Å²) < 4.78 is 5.51. The Hall–Kier alpha value is -2.11. The first kappa shape index (κ1) is 16.7. The third-order valence-corrected chi connectivity index (χ3v) is 4.46. The van der Waals surface area contributed by atoms with Gasteiger partial charge >= 0.3 is 0 Å². The van der Waals surface area contributed by atoms with Crippen LogP contribution in [0.1, 0.15) is 28.9 Å². The average Bonchev–Trinajstić information content (AvgIpc) is 3.11. The number of rotatable bonds is 5. The van der Waals surface area contributed by atoms with Crippen molar-refractivity contribution >= 4 is 28.9 Å². The first-order valence-electron chi connectivity index (χ1n) is 8.01. The third kappa shape index (κ3) is 4.04. The van der Waals surface area contributed by atoms with Crippen LogP contribution in [0.15, 0.2) is 36.5 Å². The summed E-state index contributed by atoms with van der Waals surface area (Å²) in [4.78, 5) is 16.4. The summed E-state index contributed by atoms with van der Waals surface area (Å²) >= 11 is 6.14. The predicted molar refractivity (Wildman–Crippen MR) is 95.0 cm³/mol. The number of anilines is 2. The minimum absolute atomic E-state index is 0.115. The van der Waals surface area contributed by atoms with Gasteiger partial charge in [0.2, 0.25) is 0 Å². The Labute approximate surface area is 146 Å². The average molecular weight is 346 g/mol. The fourth-order valence-corrected chi connectivity index (χ4v) is 2.81. The maximum absolute atomic E-state index is 12.2. The molecule has 1 aliphatic rings. The van der Waals surface area contributed by atoms with Crippen LogP contribution in [0, 0.1) is 6.92 Å². The molecule has 0 bridgehead atoms. The minimum Gasteiger partial charge on any atom is -0.376 e. The number of benzene rings is 1. The molecular formula is C18H20ClN3O2. The molecule has 0 saturated carbocycles. The Kier molecular flexibility index (Phi) is 5.33. The van der Waals surface area contributed by atoms with Gasteiger partial charge in [-0.2, -0.15) is 0 Å². The summed E-state index contributed by atoms with van der Waals surface area (Å²) in [6.07, 6.45) is 3.77. The Balaban J connectivity index is 1.67. The van der Waals surface area contributed by atoms with Gasteiger partial charge in [0.15, 0.2) is 0 Å². The van der Waals surface area contributed by atoms with Gasteiger partial charge in [-0.25, -0.2) is 0 Å². The zero-order chi connectivity index (χ0) is 16.9. The van der Waals surface area contributed by atoms with E-state index >= 15 is 0 Å². The zero-order valence-corrected chi connectivity index (χ0v) is 14.3. The lowest BCUT2D eigenvalue weighted by atomic mass is 10.2. The molecule has 1 aromatic carbocycles. The molecule has 0 radical (unpaired) electrons. The van der Waals surface area contributed by atoms with Crippen molar-refractivity contribution in [3.63, 3.8) is 0 Å². The summed E-state index contributed by atoms with van der Waals surface area (Å²) in [6, 6.07) is 9.22. The summed E-state index contributed by atoms with van der Waals surface area (Å²) in [6.45, 7) is 3.24. The highest BCUT2D eigenvalue weighted by atomic mass is 35.5. The molecule has 24 heavy (non-hydrogen) atoms. The number of hydrogen-bond donors (Lipinski definition) is 2. The number of hydrogen-bond acceptors (Lipinski definition) is 4. The van der Waals surface area contributed by atoms with E-state index < -0.39 is 0 Å². The van der Waals surface area contributed by atoms with Crippen molar-refractivity contribution in [2.24, 2.45) is 0 Å². The molecule has 6 heteroatoms. The minimum atomic E-state index is -0.197. The fraction of sp³-hybridized carbons (Fsp3) is 0.333. The Morgan fingerprint density at radius 2 is 2.29 bits per heavy atom. The second-order valence-corrected chi connectivity index (χ2v) is 6.22. The zero-order valence-electron chi connectivity index (χ0n) is 13.5. The van der Waals surface area contributed by atoms with E-state index in [0.717, 1.165) is 36.4 Å². The fourth-order valence-electron chi connectivity index (χ4n) is 2.63. The van der Waals surface area contributed by atoms with Crippen molar-refractivity contribution in [3.05, 3.63) is 52.8 Å². The van der Waals surface area contributed by atoms with E-state index in [-0.39, 0.29) is 12.0 Å². The van der Waals surface area contributed by atoms with Crippen molar-refractivity contribution in [2.75, 3.05) is 18.5 Å². The molecule has 1 fully saturated rings. The second kappa shape index (κ2) is 7.64. The van der Waals surface area contributed by atoms with E-state index in [1.807, 2.05) is 31.2 Å². The molecule has 2 aromatic rings. The van der Waals surface area contributed by atoms with Crippen LogP contribution >= 0.6 is 11.6 Å². The van der Waals surface area contributed by atoms with E-state index in [4.69, 9.17) is 16.3 Å². The third-order valence-electron chi connectivity index (χ3n) is 4.05. The predicted octanol–water partition coefficient (Wildman–Crippen LogP) is 3.70. The Morgan fingerprint density at radius 1 is 1.42 bits per heavy atom. The lowest BCUT2D eigenvalue weighted by Gasteiger charge is -2.12. The van der Waals surface area contributed by atoms with Crippen LogP contribution in [-0.4, -0.2) is 30.1 Å². The lowest BCUT2D eigenvalue weighted by molar-refractivity contribution is 0.0854. The number of aromatic nitrogens is 1. The quantitative estimate of drug-likeness (QED) is 0.867. The first-order valence-corrected chi connectivity index (χ1v) is 8.39. The van der Waals surface area contributed by atoms with Crippen LogP contribution in [0.2, 0.25) is 5.02 Å². The van der Waals surface area contributed by atoms with Crippen molar-refractivity contribution in [2.45, 2.75) is 25.9 Å². The number of nitrogens with zero attached hydrogens (tertiary/aromatic N) is 1. The van der Waals surface area contributed by atoms with Gasteiger partial charge in [0, 0.05) is 35.7 Å². The smallest absolute Gasteiger partial charge is 0.270 e. The number of ether oxygens (including phenoxy) is 1. The van der Waals surface area contributed by atoms with Crippen LogP contribution in [0.3, 0.4) is 0 Å². The molecule has 0 aliphatic carbocycles. The molecule has 126 valence electrons. The monoisotopic (exact) mass is 345 g/mol. The Bertz CT molecular complexity index is 730. The Morgan fingerprint density at radius 3 is 3.08 bits per heavy atom. The van der Waals surface area contributed by atoms with Crippen molar-refractivity contribution in [1.29, 1.82) is 0 Å². The first-order chi connectivity index (χ1) is 11.6. The molecule has 1 amide bonds. The van der Waals surface area contributed by atoms with Gasteiger partial charge in [-0.05, 0) is 49.6 Å². The molecule has 1 aromatic heterocycles. The number of pyridine rings is 1. The van der Waals surface area contributed by atoms with Gasteiger partial charge in [-0.15, -0.1) is 0 Å². The van der Waals surface area contributed by atoms with E-state index in [1.54, 1.807) is 12.3 Å². The second-order valence-electron chi connectivity index (χ2n) is 5.81. The molecule has 1 atom stereocenters. The molecule has 1 unspecified atom stereocenters.